The Kier molecular flexibility index (Phi) is 8.55. The van der Waals surface area contributed by atoms with Gasteiger partial charge in [-0.2, -0.15) is 15.8 Å². The molecule has 0 saturated carbocycles. The number of rotatable bonds is 7. The Bertz CT molecular complexity index is 1240. The molecule has 3 atom stereocenters. The number of fused-ring (bicyclic) bond motifs is 1. The van der Waals surface area contributed by atoms with Crippen molar-refractivity contribution in [2.45, 2.75) is 46.5 Å². The van der Waals surface area contributed by atoms with Crippen LogP contribution in [0.25, 0.3) is 0 Å². The third-order valence-electron chi connectivity index (χ3n) is 8.50. The zero-order chi connectivity index (χ0) is 28.2. The molecule has 1 fully saturated rings. The fourth-order valence-electron chi connectivity index (χ4n) is 6.19. The molecule has 0 radical (unpaired) electrons. The molecule has 3 aliphatic rings. The number of nitrogens with zero attached hydrogens (tertiary/aromatic N) is 4. The molecule has 8 nitrogen and oxygen atoms in total. The van der Waals surface area contributed by atoms with E-state index in [9.17, 15) is 15.8 Å². The molecular formula is C31H39N5O3. The van der Waals surface area contributed by atoms with Crippen LogP contribution in [0.15, 0.2) is 41.1 Å². The standard InChI is InChI=1S/C31H39N5O3/c1-5-38-27-16-21(6-9-26(27)39-15-12-36-10-13-37-14-11-36)28-24-17-22(30(2,3)4)7-8-23(24)25(18-32)29(35)31(28,19-33)20-34/h6,8-9,16,22,24,28H,5,7,10-15,17,35H2,1-4H3/t22-,24+,28-/m1/s1. The van der Waals surface area contributed by atoms with E-state index in [0.29, 0.717) is 30.6 Å². The van der Waals surface area contributed by atoms with Crippen LogP contribution in [0.1, 0.15) is 52.0 Å². The summed E-state index contributed by atoms with van der Waals surface area (Å²) >= 11 is 0. The average Bonchev–Trinajstić information content (AvgIpc) is 2.93. The number of nitrogens with two attached hydrogens (primary N) is 1. The molecule has 0 amide bonds. The van der Waals surface area contributed by atoms with Gasteiger partial charge in [0.25, 0.3) is 0 Å². The van der Waals surface area contributed by atoms with Crippen LogP contribution < -0.4 is 15.2 Å². The van der Waals surface area contributed by atoms with Crippen molar-refractivity contribution in [1.82, 2.24) is 4.90 Å². The highest BCUT2D eigenvalue weighted by Crippen LogP contribution is 2.58. The molecule has 0 spiro atoms. The number of ether oxygens (including phenoxy) is 3. The number of hydrogen-bond acceptors (Lipinski definition) is 8. The first-order chi connectivity index (χ1) is 18.7. The Morgan fingerprint density at radius 1 is 1.10 bits per heavy atom. The first-order valence-corrected chi connectivity index (χ1v) is 13.8. The lowest BCUT2D eigenvalue weighted by molar-refractivity contribution is 0.0321. The van der Waals surface area contributed by atoms with Gasteiger partial charge in [0.05, 0.1) is 43.2 Å². The number of morpholine rings is 1. The second kappa shape index (κ2) is 11.7. The van der Waals surface area contributed by atoms with E-state index in [1.54, 1.807) is 0 Å². The van der Waals surface area contributed by atoms with E-state index in [0.717, 1.165) is 56.8 Å². The predicted octanol–water partition coefficient (Wildman–Crippen LogP) is 4.66. The van der Waals surface area contributed by atoms with Crippen molar-refractivity contribution >= 4 is 0 Å². The zero-order valence-electron chi connectivity index (χ0n) is 23.5. The summed E-state index contributed by atoms with van der Waals surface area (Å²) in [5, 5.41) is 30.9. The third-order valence-corrected chi connectivity index (χ3v) is 8.50. The lowest BCUT2D eigenvalue weighted by Crippen LogP contribution is -2.44. The van der Waals surface area contributed by atoms with Gasteiger partial charge in [0.15, 0.2) is 16.9 Å². The summed E-state index contributed by atoms with van der Waals surface area (Å²) in [5.74, 6) is 0.771. The number of benzene rings is 1. The SMILES string of the molecule is CCOc1cc([C@@H]2[C@H]3C[C@H](C(C)(C)C)CC=C3C(C#N)=C(N)C2(C#N)C#N)ccc1OCCN1CCOCC1. The summed E-state index contributed by atoms with van der Waals surface area (Å²) in [6.45, 7) is 13.5. The predicted molar refractivity (Wildman–Crippen MR) is 147 cm³/mol. The molecule has 0 aromatic heterocycles. The highest BCUT2D eigenvalue weighted by Gasteiger charge is 2.55. The first-order valence-electron chi connectivity index (χ1n) is 13.8. The van der Waals surface area contributed by atoms with Gasteiger partial charge in [-0.15, -0.1) is 0 Å². The molecule has 39 heavy (non-hydrogen) atoms. The van der Waals surface area contributed by atoms with Crippen molar-refractivity contribution in [3.63, 3.8) is 0 Å². The molecule has 2 N–H and O–H groups in total. The molecule has 1 aromatic carbocycles. The highest BCUT2D eigenvalue weighted by molar-refractivity contribution is 5.60. The second-order valence-electron chi connectivity index (χ2n) is 11.7. The number of hydrogen-bond donors (Lipinski definition) is 1. The summed E-state index contributed by atoms with van der Waals surface area (Å²) < 4.78 is 17.6. The minimum absolute atomic E-state index is 0.0305. The van der Waals surface area contributed by atoms with Crippen LogP contribution in [0.3, 0.4) is 0 Å². The van der Waals surface area contributed by atoms with Crippen LogP contribution >= 0.6 is 0 Å². The monoisotopic (exact) mass is 529 g/mol. The lowest BCUT2D eigenvalue weighted by atomic mass is 9.54. The summed E-state index contributed by atoms with van der Waals surface area (Å²) in [4.78, 5) is 2.30. The van der Waals surface area contributed by atoms with Crippen molar-refractivity contribution in [2.24, 2.45) is 28.4 Å². The molecule has 1 aliphatic heterocycles. The average molecular weight is 530 g/mol. The summed E-state index contributed by atoms with van der Waals surface area (Å²) in [5.41, 5.74) is 6.83. The van der Waals surface area contributed by atoms with E-state index >= 15 is 0 Å². The third kappa shape index (κ3) is 5.48. The van der Waals surface area contributed by atoms with E-state index in [2.05, 4.69) is 50.0 Å². The normalized spacial score (nSPS) is 24.9. The maximum atomic E-state index is 10.5. The van der Waals surface area contributed by atoms with E-state index in [1.807, 2.05) is 25.1 Å². The maximum absolute atomic E-state index is 10.5. The lowest BCUT2D eigenvalue weighted by Gasteiger charge is -2.47. The van der Waals surface area contributed by atoms with Gasteiger partial charge in [-0.25, -0.2) is 0 Å². The van der Waals surface area contributed by atoms with Gasteiger partial charge in [-0.05, 0) is 60.3 Å². The molecule has 0 bridgehead atoms. The number of allylic oxidation sites excluding steroid dienone is 4. The fourth-order valence-corrected chi connectivity index (χ4v) is 6.19. The van der Waals surface area contributed by atoms with Gasteiger partial charge < -0.3 is 19.9 Å². The molecule has 0 unspecified atom stereocenters. The Morgan fingerprint density at radius 2 is 1.82 bits per heavy atom. The second-order valence-corrected chi connectivity index (χ2v) is 11.7. The van der Waals surface area contributed by atoms with Crippen LogP contribution in [-0.4, -0.2) is 51.0 Å². The van der Waals surface area contributed by atoms with Crippen molar-refractivity contribution < 1.29 is 14.2 Å². The molecule has 206 valence electrons. The zero-order valence-corrected chi connectivity index (χ0v) is 23.5. The maximum Gasteiger partial charge on any atom is 0.191 e. The van der Waals surface area contributed by atoms with Crippen molar-refractivity contribution in [3.05, 3.63) is 46.7 Å². The topological polar surface area (TPSA) is 128 Å². The Hall–Kier alpha value is -3.51. The fraction of sp³-hybridized carbons (Fsp3) is 0.581. The summed E-state index contributed by atoms with van der Waals surface area (Å²) in [6.07, 6.45) is 3.69. The summed E-state index contributed by atoms with van der Waals surface area (Å²) in [6, 6.07) is 12.4. The molecule has 4 rings (SSSR count). The smallest absolute Gasteiger partial charge is 0.191 e. The minimum Gasteiger partial charge on any atom is -0.490 e. The Balaban J connectivity index is 1.74. The Morgan fingerprint density at radius 3 is 2.44 bits per heavy atom. The van der Waals surface area contributed by atoms with Crippen LogP contribution in [0.2, 0.25) is 0 Å². The molecule has 1 aromatic rings. The van der Waals surface area contributed by atoms with Gasteiger partial charge >= 0.3 is 0 Å². The largest absolute Gasteiger partial charge is 0.490 e. The number of nitriles is 3. The van der Waals surface area contributed by atoms with Gasteiger partial charge in [0.2, 0.25) is 0 Å². The van der Waals surface area contributed by atoms with Gasteiger partial charge in [0, 0.05) is 25.6 Å². The quantitative estimate of drug-likeness (QED) is 0.540. The van der Waals surface area contributed by atoms with Crippen molar-refractivity contribution in [1.29, 1.82) is 15.8 Å². The van der Waals surface area contributed by atoms with Crippen molar-refractivity contribution in [2.75, 3.05) is 46.1 Å². The molecular weight excluding hydrogens is 490 g/mol. The van der Waals surface area contributed by atoms with Gasteiger partial charge in [0.1, 0.15) is 12.7 Å². The first kappa shape index (κ1) is 28.5. The molecule has 2 aliphatic carbocycles. The Labute approximate surface area is 232 Å². The van der Waals surface area contributed by atoms with Gasteiger partial charge in [-0.1, -0.05) is 32.9 Å². The van der Waals surface area contributed by atoms with Crippen molar-refractivity contribution in [3.8, 4) is 29.7 Å². The molecule has 8 heteroatoms. The highest BCUT2D eigenvalue weighted by atomic mass is 16.5. The van der Waals surface area contributed by atoms with E-state index in [4.69, 9.17) is 19.9 Å². The van der Waals surface area contributed by atoms with E-state index < -0.39 is 11.3 Å². The van der Waals surface area contributed by atoms with E-state index in [-0.39, 0.29) is 22.6 Å². The van der Waals surface area contributed by atoms with Crippen LogP contribution in [0, 0.1) is 56.7 Å². The van der Waals surface area contributed by atoms with E-state index in [1.165, 1.54) is 0 Å². The summed E-state index contributed by atoms with van der Waals surface area (Å²) in [7, 11) is 0. The molecule has 1 heterocycles. The van der Waals surface area contributed by atoms with Crippen LogP contribution in [-0.2, 0) is 4.74 Å². The van der Waals surface area contributed by atoms with Crippen LogP contribution in [0.4, 0.5) is 0 Å². The minimum atomic E-state index is -1.67. The van der Waals surface area contributed by atoms with Crippen LogP contribution in [0.5, 0.6) is 11.5 Å². The van der Waals surface area contributed by atoms with Gasteiger partial charge in [-0.3, -0.25) is 4.90 Å². The molecule has 1 saturated heterocycles.